The topological polar surface area (TPSA) is 176 Å². The van der Waals surface area contributed by atoms with E-state index in [1.807, 2.05) is 6.92 Å². The van der Waals surface area contributed by atoms with Gasteiger partial charge in [0.2, 0.25) is 0 Å². The van der Waals surface area contributed by atoms with Crippen molar-refractivity contribution >= 4 is 5.97 Å². The van der Waals surface area contributed by atoms with Crippen molar-refractivity contribution < 1.29 is 81.0 Å². The minimum Gasteiger partial charge on any atom is -0.463 e. The number of aliphatic hydroxyl groups excluding tert-OH is 1. The van der Waals surface area contributed by atoms with Gasteiger partial charge in [-0.15, -0.1) is 0 Å². The van der Waals surface area contributed by atoms with E-state index in [-0.39, 0.29) is 25.1 Å². The molecule has 0 aromatic rings. The van der Waals surface area contributed by atoms with Crippen molar-refractivity contribution in [1.29, 1.82) is 0 Å². The van der Waals surface area contributed by atoms with Crippen LogP contribution in [-0.4, -0.2) is 209 Å². The molecule has 0 aliphatic carbocycles. The molecule has 1 unspecified atom stereocenters. The molecule has 0 radical (unpaired) electrons. The second-order valence-corrected chi connectivity index (χ2v) is 11.7. The van der Waals surface area contributed by atoms with Crippen molar-refractivity contribution in [3.05, 3.63) is 0 Å². The lowest BCUT2D eigenvalue weighted by atomic mass is 10.00. The Labute approximate surface area is 330 Å². The summed E-state index contributed by atoms with van der Waals surface area (Å²) < 4.78 is 81.4. The Morgan fingerprint density at radius 1 is 0.364 bits per heavy atom. The highest BCUT2D eigenvalue weighted by Crippen LogP contribution is 2.14. The molecule has 0 spiro atoms. The van der Waals surface area contributed by atoms with Crippen molar-refractivity contribution in [3.63, 3.8) is 0 Å². The second kappa shape index (κ2) is 49.0. The maximum atomic E-state index is 12.0. The molecule has 0 rings (SSSR count). The normalized spacial score (nSPS) is 12.1. The van der Waals surface area contributed by atoms with Gasteiger partial charge >= 0.3 is 5.97 Å². The number of unbranched alkanes of at least 4 members (excludes halogenated alkanes) is 1. The van der Waals surface area contributed by atoms with Crippen LogP contribution in [0.1, 0.15) is 39.5 Å². The maximum absolute atomic E-state index is 12.0. The highest BCUT2D eigenvalue weighted by Gasteiger charge is 2.17. The Kier molecular flexibility index (Phi) is 48.0. The van der Waals surface area contributed by atoms with E-state index < -0.39 is 0 Å². The highest BCUT2D eigenvalue weighted by molar-refractivity contribution is 5.72. The average Bonchev–Trinajstić information content (AvgIpc) is 3.19. The molecule has 0 saturated heterocycles. The minimum atomic E-state index is -0.124. The van der Waals surface area contributed by atoms with Gasteiger partial charge in [0.1, 0.15) is 6.61 Å². The average molecular weight is 805 g/mol. The van der Waals surface area contributed by atoms with E-state index in [4.69, 9.17) is 76.2 Å². The smallest absolute Gasteiger partial charge is 0.308 e. The molecular formula is C38H76O17. The van der Waals surface area contributed by atoms with E-state index in [0.29, 0.717) is 185 Å². The van der Waals surface area contributed by atoms with Crippen molar-refractivity contribution in [3.8, 4) is 0 Å². The van der Waals surface area contributed by atoms with E-state index >= 15 is 0 Å². The fraction of sp³-hybridized carbons (Fsp3) is 0.974. The molecular weight excluding hydrogens is 728 g/mol. The van der Waals surface area contributed by atoms with Crippen LogP contribution in [0.4, 0.5) is 0 Å². The van der Waals surface area contributed by atoms with Crippen LogP contribution in [0.2, 0.25) is 0 Å². The number of esters is 1. The van der Waals surface area contributed by atoms with E-state index in [0.717, 1.165) is 25.7 Å². The summed E-state index contributed by atoms with van der Waals surface area (Å²) in [6, 6.07) is 0. The molecule has 0 fully saturated rings. The lowest BCUT2D eigenvalue weighted by Crippen LogP contribution is -2.20. The number of hydrogen-bond donors (Lipinski definition) is 1. The second-order valence-electron chi connectivity index (χ2n) is 11.7. The number of hydrogen-bond acceptors (Lipinski definition) is 17. The van der Waals surface area contributed by atoms with Gasteiger partial charge < -0.3 is 76.2 Å². The third-order valence-corrected chi connectivity index (χ3v) is 7.28. The van der Waals surface area contributed by atoms with E-state index in [2.05, 4.69) is 6.92 Å². The molecule has 0 aliphatic heterocycles. The van der Waals surface area contributed by atoms with Crippen molar-refractivity contribution in [2.24, 2.45) is 5.92 Å². The zero-order chi connectivity index (χ0) is 39.8. The summed E-state index contributed by atoms with van der Waals surface area (Å²) in [7, 11) is 0. The lowest BCUT2D eigenvalue weighted by Gasteiger charge is -2.13. The standard InChI is InChI=1S/C38H76O17/c1-3-5-6-37(4-2)38(40)55-36-35-54-34-33-53-32-31-52-30-29-51-28-27-50-26-25-49-24-23-48-22-21-47-20-19-46-18-17-45-16-15-44-14-13-43-12-11-42-10-9-41-8-7-39/h37,39H,3-36H2,1-2H3. The van der Waals surface area contributed by atoms with Crippen molar-refractivity contribution in [1.82, 2.24) is 0 Å². The van der Waals surface area contributed by atoms with Gasteiger partial charge in [0.15, 0.2) is 0 Å². The van der Waals surface area contributed by atoms with Crippen LogP contribution in [0.5, 0.6) is 0 Å². The number of aliphatic hydroxyl groups is 1. The Bertz CT molecular complexity index is 725. The molecule has 0 aromatic heterocycles. The Morgan fingerprint density at radius 2 is 0.582 bits per heavy atom. The Hall–Kier alpha value is -1.13. The number of rotatable bonds is 49. The van der Waals surface area contributed by atoms with Gasteiger partial charge in [-0.2, -0.15) is 0 Å². The van der Waals surface area contributed by atoms with E-state index in [9.17, 15) is 4.79 Å². The molecule has 330 valence electrons. The monoisotopic (exact) mass is 805 g/mol. The van der Waals surface area contributed by atoms with Gasteiger partial charge in [-0.25, -0.2) is 0 Å². The summed E-state index contributed by atoms with van der Waals surface area (Å²) >= 11 is 0. The number of carbonyl (C=O) groups is 1. The highest BCUT2D eigenvalue weighted by atomic mass is 16.6. The van der Waals surface area contributed by atoms with Crippen LogP contribution in [0, 0.1) is 5.92 Å². The molecule has 17 nitrogen and oxygen atoms in total. The minimum absolute atomic E-state index is 0.00819. The van der Waals surface area contributed by atoms with E-state index in [1.165, 1.54) is 0 Å². The molecule has 0 aromatic carbocycles. The first-order chi connectivity index (χ1) is 27.3. The van der Waals surface area contributed by atoms with Crippen LogP contribution in [-0.2, 0) is 75.8 Å². The van der Waals surface area contributed by atoms with E-state index in [1.54, 1.807) is 0 Å². The predicted molar refractivity (Wildman–Crippen MR) is 203 cm³/mol. The summed E-state index contributed by atoms with van der Waals surface area (Å²) in [5.74, 6) is -0.132. The maximum Gasteiger partial charge on any atom is 0.308 e. The SMILES string of the molecule is CCCCC(CC)C(=O)OCCOCCOCCOCCOCCOCCOCCOCCOCCOCCOCCOCCOCCOCCOCCO. The zero-order valence-electron chi connectivity index (χ0n) is 34.1. The molecule has 17 heteroatoms. The van der Waals surface area contributed by atoms with Crippen LogP contribution in [0.15, 0.2) is 0 Å². The molecule has 1 atom stereocenters. The van der Waals surface area contributed by atoms with Gasteiger partial charge in [-0.05, 0) is 12.8 Å². The summed E-state index contributed by atoms with van der Waals surface area (Å²) in [6.45, 7) is 17.8. The summed E-state index contributed by atoms with van der Waals surface area (Å²) in [4.78, 5) is 12.0. The van der Waals surface area contributed by atoms with Gasteiger partial charge in [-0.3, -0.25) is 4.79 Å². The number of ether oxygens (including phenoxy) is 15. The Balaban J connectivity index is 3.12. The summed E-state index contributed by atoms with van der Waals surface area (Å²) in [5, 5.41) is 8.59. The molecule has 0 aliphatic rings. The molecule has 0 bridgehead atoms. The molecule has 1 N–H and O–H groups in total. The first-order valence-electron chi connectivity index (χ1n) is 20.1. The molecule has 0 saturated carbocycles. The van der Waals surface area contributed by atoms with Crippen molar-refractivity contribution in [2.45, 2.75) is 39.5 Å². The first kappa shape index (κ1) is 53.9. The van der Waals surface area contributed by atoms with Crippen LogP contribution in [0.25, 0.3) is 0 Å². The van der Waals surface area contributed by atoms with Crippen LogP contribution in [0.3, 0.4) is 0 Å². The summed E-state index contributed by atoms with van der Waals surface area (Å²) in [5.41, 5.74) is 0. The third-order valence-electron chi connectivity index (χ3n) is 7.28. The lowest BCUT2D eigenvalue weighted by molar-refractivity contribution is -0.150. The molecule has 0 amide bonds. The Morgan fingerprint density at radius 3 is 0.782 bits per heavy atom. The van der Waals surface area contributed by atoms with Gasteiger partial charge in [0, 0.05) is 0 Å². The zero-order valence-corrected chi connectivity index (χ0v) is 34.1. The largest absolute Gasteiger partial charge is 0.463 e. The quantitative estimate of drug-likeness (QED) is 0.0697. The summed E-state index contributed by atoms with van der Waals surface area (Å²) in [6.07, 6.45) is 3.82. The molecule has 0 heterocycles. The van der Waals surface area contributed by atoms with Crippen molar-refractivity contribution in [2.75, 3.05) is 198 Å². The number of carbonyl (C=O) groups excluding carboxylic acids is 1. The van der Waals surface area contributed by atoms with Gasteiger partial charge in [0.25, 0.3) is 0 Å². The predicted octanol–water partition coefficient (Wildman–Crippen LogP) is 1.97. The fourth-order valence-corrected chi connectivity index (χ4v) is 4.28. The molecule has 55 heavy (non-hydrogen) atoms. The fourth-order valence-electron chi connectivity index (χ4n) is 4.28. The van der Waals surface area contributed by atoms with Crippen LogP contribution < -0.4 is 0 Å². The van der Waals surface area contributed by atoms with Crippen LogP contribution >= 0.6 is 0 Å². The van der Waals surface area contributed by atoms with Gasteiger partial charge in [-0.1, -0.05) is 26.7 Å². The third kappa shape index (κ3) is 45.4. The first-order valence-corrected chi connectivity index (χ1v) is 20.1. The van der Waals surface area contributed by atoms with Gasteiger partial charge in [0.05, 0.1) is 198 Å².